The van der Waals surface area contributed by atoms with Gasteiger partial charge in [0.25, 0.3) is 0 Å². The highest BCUT2D eigenvalue weighted by molar-refractivity contribution is 6.34. The van der Waals surface area contributed by atoms with E-state index in [2.05, 4.69) is 0 Å². The molecule has 0 spiro atoms. The van der Waals surface area contributed by atoms with E-state index in [1.807, 2.05) is 20.8 Å². The van der Waals surface area contributed by atoms with Crippen LogP contribution in [-0.2, 0) is 4.74 Å². The Morgan fingerprint density at radius 3 is 2.58 bits per heavy atom. The average Bonchev–Trinajstić information content (AvgIpc) is 3.29. The maximum Gasteiger partial charge on any atom is 0.410 e. The van der Waals surface area contributed by atoms with Crippen LogP contribution in [0.15, 0.2) is 18.2 Å². The predicted molar refractivity (Wildman–Crippen MR) is 97.1 cm³/mol. The van der Waals surface area contributed by atoms with E-state index < -0.39 is 5.60 Å². The fourth-order valence-electron chi connectivity index (χ4n) is 2.34. The van der Waals surface area contributed by atoms with Crippen LogP contribution >= 0.6 is 23.2 Å². The van der Waals surface area contributed by atoms with Gasteiger partial charge < -0.3 is 14.4 Å². The number of nitrogens with zero attached hydrogens (tertiary/aromatic N) is 1. The molecule has 1 atom stereocenters. The van der Waals surface area contributed by atoms with Crippen LogP contribution in [0.5, 0.6) is 5.75 Å². The van der Waals surface area contributed by atoms with Crippen LogP contribution in [0.4, 0.5) is 4.79 Å². The third kappa shape index (κ3) is 6.06. The van der Waals surface area contributed by atoms with E-state index in [0.29, 0.717) is 28.3 Å². The number of ether oxygens (including phenoxy) is 2. The van der Waals surface area contributed by atoms with Crippen LogP contribution in [0.3, 0.4) is 0 Å². The van der Waals surface area contributed by atoms with Crippen molar-refractivity contribution >= 4 is 29.3 Å². The number of hydrogen-bond acceptors (Lipinski definition) is 3. The van der Waals surface area contributed by atoms with Gasteiger partial charge in [-0.1, -0.05) is 23.2 Å². The number of amides is 1. The Hall–Kier alpha value is -1.13. The van der Waals surface area contributed by atoms with Gasteiger partial charge >= 0.3 is 6.09 Å². The third-order valence-electron chi connectivity index (χ3n) is 3.77. The Morgan fingerprint density at radius 2 is 2.00 bits per heavy atom. The van der Waals surface area contributed by atoms with Gasteiger partial charge in [0.05, 0.1) is 5.02 Å². The summed E-state index contributed by atoms with van der Waals surface area (Å²) in [6, 6.07) is 5.20. The minimum absolute atomic E-state index is 0.0193. The smallest absolute Gasteiger partial charge is 0.410 e. The van der Waals surface area contributed by atoms with Crippen LogP contribution in [0.2, 0.25) is 10.0 Å². The first-order chi connectivity index (χ1) is 11.2. The largest absolute Gasteiger partial charge is 0.488 e. The zero-order valence-electron chi connectivity index (χ0n) is 14.6. The van der Waals surface area contributed by atoms with Crippen molar-refractivity contribution in [2.75, 3.05) is 13.6 Å². The van der Waals surface area contributed by atoms with E-state index in [4.69, 9.17) is 32.7 Å². The second kappa shape index (κ2) is 7.83. The van der Waals surface area contributed by atoms with E-state index in [-0.39, 0.29) is 12.2 Å². The maximum absolute atomic E-state index is 12.0. The molecule has 0 saturated heterocycles. The molecule has 0 bridgehead atoms. The van der Waals surface area contributed by atoms with E-state index in [1.165, 1.54) is 0 Å². The summed E-state index contributed by atoms with van der Waals surface area (Å²) < 4.78 is 11.5. The molecule has 1 aromatic carbocycles. The van der Waals surface area contributed by atoms with Gasteiger partial charge in [0.1, 0.15) is 17.5 Å². The van der Waals surface area contributed by atoms with E-state index in [1.54, 1.807) is 30.1 Å². The highest BCUT2D eigenvalue weighted by Gasteiger charge is 2.34. The molecule has 1 fully saturated rings. The molecule has 1 aliphatic rings. The molecule has 0 N–H and O–H groups in total. The maximum atomic E-state index is 12.0. The summed E-state index contributed by atoms with van der Waals surface area (Å²) in [6.45, 7) is 6.14. The number of carbonyl (C=O) groups is 1. The van der Waals surface area contributed by atoms with Crippen LogP contribution in [0, 0.1) is 5.92 Å². The second-order valence-corrected chi connectivity index (χ2v) is 8.10. The molecule has 4 nitrogen and oxygen atoms in total. The summed E-state index contributed by atoms with van der Waals surface area (Å²) in [6.07, 6.45) is 2.70. The molecular formula is C18H25Cl2NO3. The summed E-state index contributed by atoms with van der Waals surface area (Å²) in [5.74, 6) is 1.10. The molecule has 0 heterocycles. The Labute approximate surface area is 154 Å². The van der Waals surface area contributed by atoms with Gasteiger partial charge in [-0.2, -0.15) is 0 Å². The first kappa shape index (κ1) is 19.2. The summed E-state index contributed by atoms with van der Waals surface area (Å²) in [4.78, 5) is 13.6. The molecule has 0 radical (unpaired) electrons. The van der Waals surface area contributed by atoms with Crippen molar-refractivity contribution < 1.29 is 14.3 Å². The van der Waals surface area contributed by atoms with Crippen molar-refractivity contribution in [3.8, 4) is 5.75 Å². The molecule has 0 aliphatic heterocycles. The number of halogens is 2. The number of rotatable bonds is 6. The Bertz CT molecular complexity index is 582. The number of hydrogen-bond donors (Lipinski definition) is 0. The number of carbonyl (C=O) groups excluding carboxylic acids is 1. The Kier molecular flexibility index (Phi) is 6.27. The normalized spacial score (nSPS) is 15.8. The molecule has 1 saturated carbocycles. The molecule has 6 heteroatoms. The van der Waals surface area contributed by atoms with E-state index >= 15 is 0 Å². The summed E-state index contributed by atoms with van der Waals surface area (Å²) >= 11 is 12.2. The zero-order chi connectivity index (χ0) is 17.9. The van der Waals surface area contributed by atoms with Gasteiger partial charge in [0.15, 0.2) is 0 Å². The lowest BCUT2D eigenvalue weighted by atomic mass is 10.1. The van der Waals surface area contributed by atoms with Crippen molar-refractivity contribution in [1.29, 1.82) is 0 Å². The molecule has 24 heavy (non-hydrogen) atoms. The fourth-order valence-corrected chi connectivity index (χ4v) is 2.67. The first-order valence-corrected chi connectivity index (χ1v) is 8.97. The van der Waals surface area contributed by atoms with Gasteiger partial charge in [0.2, 0.25) is 0 Å². The molecule has 1 aromatic rings. The topological polar surface area (TPSA) is 38.8 Å². The Morgan fingerprint density at radius 1 is 1.33 bits per heavy atom. The molecule has 2 rings (SSSR count). The quantitative estimate of drug-likeness (QED) is 0.669. The van der Waals surface area contributed by atoms with E-state index in [9.17, 15) is 4.79 Å². The third-order valence-corrected chi connectivity index (χ3v) is 4.32. The van der Waals surface area contributed by atoms with Crippen LogP contribution in [0.25, 0.3) is 0 Å². The predicted octanol–water partition coefficient (Wildman–Crippen LogP) is 5.41. The standard InChI is InChI=1S/C18H25Cl2NO3/c1-18(2,3)24-17(22)21(4)10-9-15(12-5-6-12)23-16-11-13(19)7-8-14(16)20/h7-8,11-12,15H,5-6,9-10H2,1-4H3. The second-order valence-electron chi connectivity index (χ2n) is 7.26. The summed E-state index contributed by atoms with van der Waals surface area (Å²) in [5.41, 5.74) is -0.494. The average molecular weight is 374 g/mol. The lowest BCUT2D eigenvalue weighted by Gasteiger charge is -2.26. The van der Waals surface area contributed by atoms with Gasteiger partial charge in [-0.05, 0) is 51.7 Å². The Balaban J connectivity index is 1.92. The van der Waals surface area contributed by atoms with Crippen LogP contribution < -0.4 is 4.74 Å². The van der Waals surface area contributed by atoms with Crippen LogP contribution in [0.1, 0.15) is 40.0 Å². The monoisotopic (exact) mass is 373 g/mol. The lowest BCUT2D eigenvalue weighted by Crippen LogP contribution is -2.36. The fraction of sp³-hybridized carbons (Fsp3) is 0.611. The van der Waals surface area contributed by atoms with Crippen molar-refractivity contribution in [3.63, 3.8) is 0 Å². The van der Waals surface area contributed by atoms with E-state index in [0.717, 1.165) is 19.3 Å². The zero-order valence-corrected chi connectivity index (χ0v) is 16.2. The van der Waals surface area contributed by atoms with Crippen molar-refractivity contribution in [1.82, 2.24) is 4.90 Å². The molecular weight excluding hydrogens is 349 g/mol. The van der Waals surface area contributed by atoms with Crippen molar-refractivity contribution in [2.24, 2.45) is 5.92 Å². The minimum Gasteiger partial charge on any atom is -0.488 e. The van der Waals surface area contributed by atoms with Crippen molar-refractivity contribution in [3.05, 3.63) is 28.2 Å². The highest BCUT2D eigenvalue weighted by Crippen LogP contribution is 2.38. The molecule has 0 aromatic heterocycles. The van der Waals surface area contributed by atoms with Gasteiger partial charge in [-0.15, -0.1) is 0 Å². The minimum atomic E-state index is -0.494. The summed E-state index contributed by atoms with van der Waals surface area (Å²) in [5, 5.41) is 1.14. The lowest BCUT2D eigenvalue weighted by molar-refractivity contribution is 0.0274. The molecule has 1 amide bonds. The van der Waals surface area contributed by atoms with Gasteiger partial charge in [-0.3, -0.25) is 0 Å². The summed E-state index contributed by atoms with van der Waals surface area (Å²) in [7, 11) is 1.74. The molecule has 1 aliphatic carbocycles. The highest BCUT2D eigenvalue weighted by atomic mass is 35.5. The molecule has 134 valence electrons. The van der Waals surface area contributed by atoms with Gasteiger partial charge in [-0.25, -0.2) is 4.79 Å². The van der Waals surface area contributed by atoms with Crippen LogP contribution in [-0.4, -0.2) is 36.3 Å². The van der Waals surface area contributed by atoms with Crippen molar-refractivity contribution in [2.45, 2.75) is 51.7 Å². The molecule has 1 unspecified atom stereocenters. The number of benzene rings is 1. The first-order valence-electron chi connectivity index (χ1n) is 8.21. The van der Waals surface area contributed by atoms with Gasteiger partial charge in [0, 0.05) is 31.1 Å². The SMILES string of the molecule is CN(CCC(Oc1cc(Cl)ccc1Cl)C1CC1)C(=O)OC(C)(C)C.